The third-order valence-electron chi connectivity index (χ3n) is 4.77. The van der Waals surface area contributed by atoms with Crippen LogP contribution < -0.4 is 9.84 Å². The highest BCUT2D eigenvalue weighted by atomic mass is 32.2. The molecule has 0 aliphatic rings. The van der Waals surface area contributed by atoms with E-state index in [4.69, 9.17) is 0 Å². The zero-order valence-corrected chi connectivity index (χ0v) is 19.3. The minimum absolute atomic E-state index is 0.508. The minimum Gasteiger partial charge on any atom is -0.388 e. The first-order valence-electron chi connectivity index (χ1n) is 10.2. The summed E-state index contributed by atoms with van der Waals surface area (Å²) < 4.78 is 26.0. The van der Waals surface area contributed by atoms with Crippen LogP contribution in [0, 0.1) is 0 Å². The summed E-state index contributed by atoms with van der Waals surface area (Å²) in [7, 11) is -3.58. The molecule has 2 aromatic heterocycles. The molecule has 31 heavy (non-hydrogen) atoms. The summed E-state index contributed by atoms with van der Waals surface area (Å²) in [5, 5.41) is 24.7. The molecule has 3 aromatic rings. The first-order chi connectivity index (χ1) is 14.9. The van der Waals surface area contributed by atoms with Crippen LogP contribution in [0.3, 0.4) is 0 Å². The van der Waals surface area contributed by atoms with Gasteiger partial charge in [-0.3, -0.25) is 5.43 Å². The molecule has 0 fully saturated rings. The third-order valence-corrected chi connectivity index (χ3v) is 7.00. The summed E-state index contributed by atoms with van der Waals surface area (Å²) in [5.74, 6) is 0.649. The number of aromatic amines is 1. The van der Waals surface area contributed by atoms with Gasteiger partial charge in [0.1, 0.15) is 5.00 Å². The van der Waals surface area contributed by atoms with E-state index in [2.05, 4.69) is 33.0 Å². The molecule has 168 valence electrons. The molecule has 0 amide bonds. The van der Waals surface area contributed by atoms with Crippen LogP contribution in [0.1, 0.15) is 55.0 Å². The predicted molar refractivity (Wildman–Crippen MR) is 122 cm³/mol. The number of H-pyrrole nitrogens is 1. The van der Waals surface area contributed by atoms with Crippen molar-refractivity contribution < 1.29 is 13.5 Å². The Labute approximate surface area is 186 Å². The zero-order valence-electron chi connectivity index (χ0n) is 17.7. The number of nitrogens with zero attached hydrogens (tertiary/aromatic N) is 4. The van der Waals surface area contributed by atoms with E-state index in [-0.39, 0.29) is 0 Å². The SMILES string of the molecule is CCCCCC(O)c1ccc(N(Nc2ccc(CCc3nn[nH]n3)cc2)S(C)(=O)=O)s1. The van der Waals surface area contributed by atoms with Gasteiger partial charge in [-0.15, -0.1) is 21.5 Å². The average molecular weight is 465 g/mol. The summed E-state index contributed by atoms with van der Waals surface area (Å²) in [4.78, 5) is 0.762. The standard InChI is InChI=1S/C20H28N6O3S2/c1-3-4-5-6-17(27)18-12-14-20(30-18)26(31(2,28)29)23-16-10-7-15(8-11-16)9-13-19-21-24-25-22-19/h7-8,10-12,14,17,23,27H,3-6,9,13H2,1-2H3,(H,21,22,24,25). The van der Waals surface area contributed by atoms with Gasteiger partial charge in [-0.1, -0.05) is 43.5 Å². The largest absolute Gasteiger partial charge is 0.388 e. The fourth-order valence-electron chi connectivity index (χ4n) is 3.07. The number of nitrogens with one attached hydrogen (secondary N) is 2. The van der Waals surface area contributed by atoms with Gasteiger partial charge in [0.25, 0.3) is 0 Å². The lowest BCUT2D eigenvalue weighted by Crippen LogP contribution is -2.34. The number of tetrazole rings is 1. The number of benzene rings is 1. The Balaban J connectivity index is 1.66. The van der Waals surface area contributed by atoms with Crippen LogP contribution in [0.4, 0.5) is 10.7 Å². The molecule has 0 radical (unpaired) electrons. The molecular weight excluding hydrogens is 436 g/mol. The highest BCUT2D eigenvalue weighted by molar-refractivity contribution is 7.92. The number of sulfonamides is 1. The number of hydrogen-bond acceptors (Lipinski definition) is 8. The van der Waals surface area contributed by atoms with Crippen molar-refractivity contribution in [3.8, 4) is 0 Å². The lowest BCUT2D eigenvalue weighted by Gasteiger charge is -2.22. The number of anilines is 2. The summed E-state index contributed by atoms with van der Waals surface area (Å²) in [5.41, 5.74) is 4.70. The van der Waals surface area contributed by atoms with Gasteiger partial charge in [0.15, 0.2) is 5.82 Å². The van der Waals surface area contributed by atoms with Gasteiger partial charge in [0, 0.05) is 11.3 Å². The summed E-state index contributed by atoms with van der Waals surface area (Å²) in [6.45, 7) is 2.12. The fraction of sp³-hybridized carbons (Fsp3) is 0.450. The first kappa shape index (κ1) is 23.2. The maximum absolute atomic E-state index is 12.4. The molecule has 3 N–H and O–H groups in total. The van der Waals surface area contributed by atoms with Crippen LogP contribution in [-0.4, -0.2) is 40.4 Å². The van der Waals surface area contributed by atoms with Crippen molar-refractivity contribution in [1.29, 1.82) is 0 Å². The highest BCUT2D eigenvalue weighted by Gasteiger charge is 2.21. The van der Waals surface area contributed by atoms with Crippen molar-refractivity contribution in [2.24, 2.45) is 0 Å². The number of aryl methyl sites for hydroxylation is 2. The molecule has 0 bridgehead atoms. The number of hydrazine groups is 1. The Morgan fingerprint density at radius 3 is 2.58 bits per heavy atom. The van der Waals surface area contributed by atoms with E-state index in [9.17, 15) is 13.5 Å². The van der Waals surface area contributed by atoms with Gasteiger partial charge >= 0.3 is 0 Å². The number of aliphatic hydroxyl groups excluding tert-OH is 1. The van der Waals surface area contributed by atoms with E-state index in [1.54, 1.807) is 12.1 Å². The second kappa shape index (κ2) is 10.7. The van der Waals surface area contributed by atoms with Crippen molar-refractivity contribution in [3.05, 3.63) is 52.7 Å². The molecule has 9 nitrogen and oxygen atoms in total. The number of unbranched alkanes of at least 4 members (excludes halogenated alkanes) is 2. The molecule has 0 aliphatic carbocycles. The topological polar surface area (TPSA) is 124 Å². The number of aromatic nitrogens is 4. The van der Waals surface area contributed by atoms with Crippen LogP contribution in [-0.2, 0) is 22.9 Å². The van der Waals surface area contributed by atoms with Crippen LogP contribution in [0.5, 0.6) is 0 Å². The van der Waals surface area contributed by atoms with Gasteiger partial charge in [-0.25, -0.2) is 8.42 Å². The van der Waals surface area contributed by atoms with Crippen LogP contribution >= 0.6 is 11.3 Å². The quantitative estimate of drug-likeness (QED) is 0.277. The Hall–Kier alpha value is -2.50. The van der Waals surface area contributed by atoms with E-state index in [0.717, 1.165) is 46.8 Å². The maximum atomic E-state index is 12.4. The predicted octanol–water partition coefficient (Wildman–Crippen LogP) is 3.45. The van der Waals surface area contributed by atoms with Gasteiger partial charge in [0.2, 0.25) is 10.0 Å². The molecule has 1 unspecified atom stereocenters. The van der Waals surface area contributed by atoms with Crippen molar-refractivity contribution in [1.82, 2.24) is 20.6 Å². The van der Waals surface area contributed by atoms with E-state index >= 15 is 0 Å². The third kappa shape index (κ3) is 6.74. The van der Waals surface area contributed by atoms with E-state index < -0.39 is 16.1 Å². The molecule has 1 aromatic carbocycles. The highest BCUT2D eigenvalue weighted by Crippen LogP contribution is 2.33. The fourth-order valence-corrected chi connectivity index (χ4v) is 5.14. The Bertz CT molecular complexity index is 1040. The maximum Gasteiger partial charge on any atom is 0.250 e. The minimum atomic E-state index is -3.58. The second-order valence-electron chi connectivity index (χ2n) is 7.35. The molecule has 3 rings (SSSR count). The normalized spacial score (nSPS) is 12.6. The zero-order chi connectivity index (χ0) is 22.3. The lowest BCUT2D eigenvalue weighted by atomic mass is 10.1. The molecule has 0 saturated carbocycles. The molecule has 1 atom stereocenters. The molecular formula is C20H28N6O3S2. The van der Waals surface area contributed by atoms with Crippen LogP contribution in [0.2, 0.25) is 0 Å². The van der Waals surface area contributed by atoms with Crippen LogP contribution in [0.25, 0.3) is 0 Å². The average Bonchev–Trinajstić information content (AvgIpc) is 3.43. The van der Waals surface area contributed by atoms with Gasteiger partial charge in [0.05, 0.1) is 18.0 Å². The van der Waals surface area contributed by atoms with E-state index in [0.29, 0.717) is 29.4 Å². The molecule has 0 aliphatic heterocycles. The molecule has 2 heterocycles. The molecule has 0 saturated heterocycles. The lowest BCUT2D eigenvalue weighted by molar-refractivity contribution is 0.167. The number of hydrogen-bond donors (Lipinski definition) is 3. The van der Waals surface area contributed by atoms with Crippen molar-refractivity contribution in [2.45, 2.75) is 51.6 Å². The summed E-state index contributed by atoms with van der Waals surface area (Å²) in [6, 6.07) is 11.0. The summed E-state index contributed by atoms with van der Waals surface area (Å²) in [6.07, 6.45) is 5.75. The van der Waals surface area contributed by atoms with Gasteiger partial charge in [-0.2, -0.15) is 9.63 Å². The van der Waals surface area contributed by atoms with Crippen molar-refractivity contribution in [3.63, 3.8) is 0 Å². The van der Waals surface area contributed by atoms with Crippen LogP contribution in [0.15, 0.2) is 36.4 Å². The van der Waals surface area contributed by atoms with Gasteiger partial charge in [-0.05, 0) is 42.7 Å². The Morgan fingerprint density at radius 1 is 1.16 bits per heavy atom. The smallest absolute Gasteiger partial charge is 0.250 e. The monoisotopic (exact) mass is 464 g/mol. The van der Waals surface area contributed by atoms with E-state index in [1.807, 2.05) is 24.3 Å². The van der Waals surface area contributed by atoms with Gasteiger partial charge < -0.3 is 5.11 Å². The van der Waals surface area contributed by atoms with Crippen molar-refractivity contribution >= 4 is 32.0 Å². The first-order valence-corrected chi connectivity index (χ1v) is 12.9. The van der Waals surface area contributed by atoms with Crippen molar-refractivity contribution in [2.75, 3.05) is 16.1 Å². The Morgan fingerprint density at radius 2 is 1.94 bits per heavy atom. The summed E-state index contributed by atoms with van der Waals surface area (Å²) >= 11 is 1.27. The Kier molecular flexibility index (Phi) is 7.99. The second-order valence-corrected chi connectivity index (χ2v) is 10.3. The number of rotatable bonds is 12. The van der Waals surface area contributed by atoms with E-state index in [1.165, 1.54) is 11.3 Å². The molecule has 11 heteroatoms. The number of thiophene rings is 1. The molecule has 0 spiro atoms. The number of aliphatic hydroxyl groups is 1.